The summed E-state index contributed by atoms with van der Waals surface area (Å²) in [5, 5.41) is 4.07. The summed E-state index contributed by atoms with van der Waals surface area (Å²) >= 11 is 0. The summed E-state index contributed by atoms with van der Waals surface area (Å²) in [5.41, 5.74) is 0. The highest BCUT2D eigenvalue weighted by Crippen LogP contribution is 2.46. The van der Waals surface area contributed by atoms with E-state index in [1.807, 2.05) is 73.7 Å². The van der Waals surface area contributed by atoms with Gasteiger partial charge >= 0.3 is 5.97 Å². The van der Waals surface area contributed by atoms with Gasteiger partial charge in [-0.15, -0.1) is 0 Å². The molecule has 0 atom stereocenters. The van der Waals surface area contributed by atoms with Crippen molar-refractivity contribution in [1.29, 1.82) is 0 Å². The first-order chi connectivity index (χ1) is 13.2. The molecule has 0 aliphatic rings. The fraction of sp³-hybridized carbons (Fsp3) is 0.0833. The topological polar surface area (TPSA) is 26.3 Å². The zero-order valence-corrected chi connectivity index (χ0v) is 16.5. The Morgan fingerprint density at radius 1 is 0.741 bits per heavy atom. The van der Waals surface area contributed by atoms with Gasteiger partial charge in [0.25, 0.3) is 0 Å². The molecule has 0 aromatic heterocycles. The average molecular weight is 374 g/mol. The van der Waals surface area contributed by atoms with Gasteiger partial charge in [-0.05, 0) is 29.7 Å². The third-order valence-corrected chi connectivity index (χ3v) is 8.78. The predicted molar refractivity (Wildman–Crippen MR) is 117 cm³/mol. The van der Waals surface area contributed by atoms with Gasteiger partial charge in [-0.3, -0.25) is 0 Å². The molecule has 0 amide bonds. The highest BCUT2D eigenvalue weighted by molar-refractivity contribution is 7.96. The molecule has 3 rings (SSSR count). The summed E-state index contributed by atoms with van der Waals surface area (Å²) in [4.78, 5) is 13.0. The van der Waals surface area contributed by atoms with Crippen LogP contribution in [0.1, 0.15) is 6.92 Å². The largest absolute Gasteiger partial charge is 0.465 e. The highest BCUT2D eigenvalue weighted by atomic mass is 31.2. The van der Waals surface area contributed by atoms with Gasteiger partial charge in [0, 0.05) is 0 Å². The number of methoxy groups -OCH3 is 1. The van der Waals surface area contributed by atoms with Crippen molar-refractivity contribution < 1.29 is 9.53 Å². The third-order valence-electron chi connectivity index (χ3n) is 4.51. The Hall–Kier alpha value is -2.83. The molecular formula is C24H23O2P. The number of carbonyl (C=O) groups excluding carboxylic acids is 1. The first-order valence-corrected chi connectivity index (χ1v) is 10.7. The van der Waals surface area contributed by atoms with Crippen molar-refractivity contribution in [1.82, 2.24) is 0 Å². The number of rotatable bonds is 5. The maximum absolute atomic E-state index is 13.0. The van der Waals surface area contributed by atoms with E-state index in [4.69, 9.17) is 4.74 Å². The van der Waals surface area contributed by atoms with E-state index >= 15 is 0 Å². The minimum absolute atomic E-state index is 0.294. The van der Waals surface area contributed by atoms with Crippen LogP contribution >= 0.6 is 6.89 Å². The number of carbonyl (C=O) groups is 1. The van der Waals surface area contributed by atoms with Gasteiger partial charge in [0.2, 0.25) is 0 Å². The standard InChI is InChI=1S/C24H23O2P/c1-3-13-23(24(25)26-2)27(20-14-7-4-8-15-20,21-16-9-5-10-17-21)22-18-11-6-12-19-22/h3-19H,1-2H3. The molecule has 0 N–H and O–H groups in total. The lowest BCUT2D eigenvalue weighted by molar-refractivity contribution is -0.132. The molecule has 0 heterocycles. The van der Waals surface area contributed by atoms with Gasteiger partial charge in [-0.25, -0.2) is 4.79 Å². The van der Waals surface area contributed by atoms with Gasteiger partial charge < -0.3 is 4.74 Å². The summed E-state index contributed by atoms with van der Waals surface area (Å²) in [6, 6.07) is 30.8. The van der Waals surface area contributed by atoms with Crippen molar-refractivity contribution in [3.8, 4) is 0 Å². The Labute approximate surface area is 161 Å². The Morgan fingerprint density at radius 3 is 1.41 bits per heavy atom. The van der Waals surface area contributed by atoms with Crippen molar-refractivity contribution in [3.05, 3.63) is 103 Å². The van der Waals surface area contributed by atoms with Crippen LogP contribution in [0.15, 0.2) is 103 Å². The average Bonchev–Trinajstić information content (AvgIpc) is 2.75. The lowest BCUT2D eigenvalue weighted by atomic mass is 10.3. The molecule has 0 bridgehead atoms. The predicted octanol–water partition coefficient (Wildman–Crippen LogP) is 3.90. The summed E-state index contributed by atoms with van der Waals surface area (Å²) in [6.07, 6.45) is 3.82. The molecule has 3 aromatic rings. The fourth-order valence-electron chi connectivity index (χ4n) is 3.40. The van der Waals surface area contributed by atoms with Gasteiger partial charge in [-0.1, -0.05) is 103 Å². The lowest BCUT2D eigenvalue weighted by Gasteiger charge is -2.31. The van der Waals surface area contributed by atoms with Crippen LogP contribution in [-0.2, 0) is 9.53 Å². The molecule has 136 valence electrons. The van der Waals surface area contributed by atoms with Crippen LogP contribution in [0.2, 0.25) is 0 Å². The van der Waals surface area contributed by atoms with Crippen LogP contribution in [0.5, 0.6) is 0 Å². The fourth-order valence-corrected chi connectivity index (χ4v) is 7.72. The molecule has 0 unspecified atom stereocenters. The van der Waals surface area contributed by atoms with Crippen LogP contribution in [-0.4, -0.2) is 18.4 Å². The second kappa shape index (κ2) is 8.70. The van der Waals surface area contributed by atoms with E-state index < -0.39 is 6.89 Å². The number of ether oxygens (including phenoxy) is 1. The van der Waals surface area contributed by atoms with Crippen molar-refractivity contribution in [2.75, 3.05) is 7.11 Å². The Morgan fingerprint density at radius 2 is 1.11 bits per heavy atom. The van der Waals surface area contributed by atoms with E-state index in [-0.39, 0.29) is 5.97 Å². The number of hydrogen-bond donors (Lipinski definition) is 0. The van der Waals surface area contributed by atoms with Gasteiger partial charge in [0.05, 0.1) is 12.4 Å². The minimum atomic E-state index is -2.40. The van der Waals surface area contributed by atoms with E-state index in [0.717, 1.165) is 15.9 Å². The summed E-state index contributed by atoms with van der Waals surface area (Å²) in [7, 11) is 1.45. The van der Waals surface area contributed by atoms with E-state index in [2.05, 4.69) is 36.4 Å². The second-order valence-electron chi connectivity index (χ2n) is 6.05. The Kier molecular flexibility index (Phi) is 6.11. The number of benzene rings is 3. The van der Waals surface area contributed by atoms with Crippen molar-refractivity contribution in [2.24, 2.45) is 0 Å². The maximum Gasteiger partial charge on any atom is 0.338 e. The van der Waals surface area contributed by atoms with Gasteiger partial charge in [0.15, 0.2) is 0 Å². The zero-order valence-electron chi connectivity index (χ0n) is 15.6. The smallest absolute Gasteiger partial charge is 0.338 e. The first kappa shape index (κ1) is 18.9. The zero-order chi connectivity index (χ0) is 19.1. The van der Waals surface area contributed by atoms with Crippen LogP contribution < -0.4 is 15.9 Å². The number of hydrogen-bond acceptors (Lipinski definition) is 2. The SMILES string of the molecule is CC=CC(C(=O)OC)=P(c1ccccc1)(c1ccccc1)c1ccccc1. The van der Waals surface area contributed by atoms with Gasteiger partial charge in [0.1, 0.15) is 0 Å². The number of esters is 1. The van der Waals surface area contributed by atoms with Crippen LogP contribution in [0.3, 0.4) is 0 Å². The molecular weight excluding hydrogens is 351 g/mol. The molecule has 27 heavy (non-hydrogen) atoms. The van der Waals surface area contributed by atoms with Crippen molar-refractivity contribution in [2.45, 2.75) is 6.92 Å². The van der Waals surface area contributed by atoms with Crippen LogP contribution in [0, 0.1) is 0 Å². The molecule has 0 fully saturated rings. The van der Waals surface area contributed by atoms with E-state index in [1.54, 1.807) is 0 Å². The monoisotopic (exact) mass is 374 g/mol. The summed E-state index contributed by atoms with van der Waals surface area (Å²) in [6.45, 7) is -0.468. The quantitative estimate of drug-likeness (QED) is 0.500. The maximum atomic E-state index is 13.0. The normalized spacial score (nSPS) is 11.3. The lowest BCUT2D eigenvalue weighted by Crippen LogP contribution is -2.33. The first-order valence-electron chi connectivity index (χ1n) is 8.89. The van der Waals surface area contributed by atoms with Crippen molar-refractivity contribution in [3.63, 3.8) is 0 Å². The molecule has 0 aliphatic heterocycles. The van der Waals surface area contributed by atoms with Crippen LogP contribution in [0.4, 0.5) is 0 Å². The van der Waals surface area contributed by atoms with Crippen LogP contribution in [0.25, 0.3) is 0 Å². The minimum Gasteiger partial charge on any atom is -0.465 e. The van der Waals surface area contributed by atoms with Crippen molar-refractivity contribution >= 4 is 34.1 Å². The molecule has 3 aromatic carbocycles. The summed E-state index contributed by atoms with van der Waals surface area (Å²) < 4.78 is 5.24. The molecule has 2 nitrogen and oxygen atoms in total. The Bertz CT molecular complexity index is 871. The second-order valence-corrected chi connectivity index (χ2v) is 9.43. The molecule has 0 saturated heterocycles. The van der Waals surface area contributed by atoms with E-state index in [0.29, 0.717) is 5.29 Å². The molecule has 0 radical (unpaired) electrons. The molecule has 3 heteroatoms. The number of allylic oxidation sites excluding steroid dienone is 1. The molecule has 0 spiro atoms. The highest BCUT2D eigenvalue weighted by Gasteiger charge is 2.32. The molecule has 0 saturated carbocycles. The van der Waals surface area contributed by atoms with Gasteiger partial charge in [-0.2, -0.15) is 0 Å². The molecule has 0 aliphatic carbocycles. The van der Waals surface area contributed by atoms with E-state index in [9.17, 15) is 4.79 Å². The summed E-state index contributed by atoms with van der Waals surface area (Å²) in [5.74, 6) is -0.294. The Balaban J connectivity index is 2.61. The third kappa shape index (κ3) is 3.54. The van der Waals surface area contributed by atoms with E-state index in [1.165, 1.54) is 7.11 Å².